The van der Waals surface area contributed by atoms with Crippen LogP contribution in [-0.2, 0) is 0 Å². The monoisotopic (exact) mass is 251 g/mol. The largest absolute Gasteiger partial charge is 0.383 e. The van der Waals surface area contributed by atoms with Gasteiger partial charge in [0.05, 0.1) is 0 Å². The molecule has 1 atom stereocenters. The number of hydrogen-bond acceptors (Lipinski definition) is 5. The maximum Gasteiger partial charge on any atom is 0.255 e. The van der Waals surface area contributed by atoms with E-state index in [2.05, 4.69) is 10.1 Å². The number of rotatable bonds is 4. The minimum absolute atomic E-state index is 0.0964. The second kappa shape index (κ2) is 5.24. The molecular formula is C12H14FN3O2. The zero-order chi connectivity index (χ0) is 13.1. The van der Waals surface area contributed by atoms with Crippen LogP contribution in [0.2, 0.25) is 0 Å². The standard InChI is InChI=1S/C12H14FN3O2/c1-7-2-3-8(13)6-9(7)11-15-12(18-16-11)10(17)4-5-14/h2-3,6,10,17H,4-5,14H2,1H3. The van der Waals surface area contributed by atoms with Crippen molar-refractivity contribution in [3.05, 3.63) is 35.5 Å². The highest BCUT2D eigenvalue weighted by Crippen LogP contribution is 2.23. The van der Waals surface area contributed by atoms with Crippen LogP contribution in [0.15, 0.2) is 22.7 Å². The molecule has 1 aromatic heterocycles. The number of aliphatic hydroxyl groups is 1. The van der Waals surface area contributed by atoms with Crippen LogP contribution in [-0.4, -0.2) is 21.8 Å². The smallest absolute Gasteiger partial charge is 0.255 e. The van der Waals surface area contributed by atoms with Gasteiger partial charge in [-0.2, -0.15) is 4.98 Å². The lowest BCUT2D eigenvalue weighted by molar-refractivity contribution is 0.127. The summed E-state index contributed by atoms with van der Waals surface area (Å²) in [6.07, 6.45) is -0.547. The first-order valence-electron chi connectivity index (χ1n) is 5.60. The van der Waals surface area contributed by atoms with Gasteiger partial charge in [0.2, 0.25) is 5.82 Å². The summed E-state index contributed by atoms with van der Waals surface area (Å²) in [5.41, 5.74) is 6.71. The van der Waals surface area contributed by atoms with Crippen LogP contribution in [0.25, 0.3) is 11.4 Å². The van der Waals surface area contributed by atoms with Crippen molar-refractivity contribution in [1.82, 2.24) is 10.1 Å². The summed E-state index contributed by atoms with van der Waals surface area (Å²) in [7, 11) is 0. The van der Waals surface area contributed by atoms with E-state index in [1.807, 2.05) is 6.92 Å². The highest BCUT2D eigenvalue weighted by Gasteiger charge is 2.17. The fraction of sp³-hybridized carbons (Fsp3) is 0.333. The van der Waals surface area contributed by atoms with Crippen molar-refractivity contribution >= 4 is 0 Å². The Morgan fingerprint density at radius 3 is 3.00 bits per heavy atom. The van der Waals surface area contributed by atoms with Crippen molar-refractivity contribution in [3.8, 4) is 11.4 Å². The molecule has 0 aliphatic rings. The lowest BCUT2D eigenvalue weighted by Crippen LogP contribution is -2.06. The minimum atomic E-state index is -0.884. The van der Waals surface area contributed by atoms with Gasteiger partial charge in [0.25, 0.3) is 5.89 Å². The average Bonchev–Trinajstić information content (AvgIpc) is 2.82. The molecule has 18 heavy (non-hydrogen) atoms. The molecule has 0 aliphatic heterocycles. The molecule has 5 nitrogen and oxygen atoms in total. The number of aliphatic hydroxyl groups excluding tert-OH is 1. The van der Waals surface area contributed by atoms with Gasteiger partial charge in [0, 0.05) is 5.56 Å². The van der Waals surface area contributed by atoms with Crippen molar-refractivity contribution in [2.24, 2.45) is 5.73 Å². The highest BCUT2D eigenvalue weighted by molar-refractivity contribution is 5.59. The fourth-order valence-electron chi connectivity index (χ4n) is 1.60. The Morgan fingerprint density at radius 2 is 2.28 bits per heavy atom. The number of nitrogens with two attached hydrogens (primary N) is 1. The Morgan fingerprint density at radius 1 is 1.50 bits per heavy atom. The summed E-state index contributed by atoms with van der Waals surface area (Å²) in [4.78, 5) is 4.05. The molecule has 0 spiro atoms. The highest BCUT2D eigenvalue weighted by atomic mass is 19.1. The van der Waals surface area contributed by atoms with E-state index < -0.39 is 6.10 Å². The number of aryl methyl sites for hydroxylation is 1. The number of nitrogens with zero attached hydrogens (tertiary/aromatic N) is 2. The van der Waals surface area contributed by atoms with E-state index in [9.17, 15) is 9.50 Å². The third-order valence-corrected chi connectivity index (χ3v) is 2.61. The van der Waals surface area contributed by atoms with Crippen molar-refractivity contribution in [2.45, 2.75) is 19.4 Å². The Bertz CT molecular complexity index is 542. The van der Waals surface area contributed by atoms with Gasteiger partial charge in [-0.1, -0.05) is 11.2 Å². The summed E-state index contributed by atoms with van der Waals surface area (Å²) in [6, 6.07) is 4.33. The van der Waals surface area contributed by atoms with Gasteiger partial charge < -0.3 is 15.4 Å². The van der Waals surface area contributed by atoms with E-state index in [0.717, 1.165) is 5.56 Å². The van der Waals surface area contributed by atoms with Crippen LogP contribution in [0, 0.1) is 12.7 Å². The van der Waals surface area contributed by atoms with Gasteiger partial charge in [0.1, 0.15) is 11.9 Å². The molecule has 0 aliphatic carbocycles. The number of halogens is 1. The Hall–Kier alpha value is -1.79. The topological polar surface area (TPSA) is 85.2 Å². The van der Waals surface area contributed by atoms with Crippen molar-refractivity contribution in [2.75, 3.05) is 6.54 Å². The van der Waals surface area contributed by atoms with Gasteiger partial charge in [-0.3, -0.25) is 0 Å². The van der Waals surface area contributed by atoms with Crippen LogP contribution in [0.1, 0.15) is 24.0 Å². The Labute approximate surface area is 103 Å². The van der Waals surface area contributed by atoms with Crippen molar-refractivity contribution in [3.63, 3.8) is 0 Å². The Balaban J connectivity index is 2.32. The van der Waals surface area contributed by atoms with Crippen LogP contribution in [0.5, 0.6) is 0 Å². The number of aromatic nitrogens is 2. The van der Waals surface area contributed by atoms with Gasteiger partial charge in [0.15, 0.2) is 0 Å². The average molecular weight is 251 g/mol. The molecule has 3 N–H and O–H groups in total. The fourth-order valence-corrected chi connectivity index (χ4v) is 1.60. The quantitative estimate of drug-likeness (QED) is 0.861. The second-order valence-electron chi connectivity index (χ2n) is 4.01. The third-order valence-electron chi connectivity index (χ3n) is 2.61. The first-order valence-corrected chi connectivity index (χ1v) is 5.60. The number of benzene rings is 1. The van der Waals surface area contributed by atoms with Gasteiger partial charge in [-0.05, 0) is 37.6 Å². The lowest BCUT2D eigenvalue weighted by atomic mass is 10.1. The summed E-state index contributed by atoms with van der Waals surface area (Å²) in [5.74, 6) is -0.0124. The molecule has 6 heteroatoms. The van der Waals surface area contributed by atoms with Gasteiger partial charge >= 0.3 is 0 Å². The third kappa shape index (κ3) is 2.55. The predicted octanol–water partition coefficient (Wildman–Crippen LogP) is 1.57. The molecule has 96 valence electrons. The van der Waals surface area contributed by atoms with E-state index in [1.165, 1.54) is 12.1 Å². The molecule has 0 bridgehead atoms. The van der Waals surface area contributed by atoms with Gasteiger partial charge in [-0.25, -0.2) is 4.39 Å². The zero-order valence-electron chi connectivity index (χ0n) is 9.93. The van der Waals surface area contributed by atoms with E-state index in [4.69, 9.17) is 10.3 Å². The van der Waals surface area contributed by atoms with E-state index in [0.29, 0.717) is 18.5 Å². The van der Waals surface area contributed by atoms with Crippen LogP contribution >= 0.6 is 0 Å². The molecule has 0 fully saturated rings. The van der Waals surface area contributed by atoms with Crippen LogP contribution in [0.3, 0.4) is 0 Å². The molecule has 1 unspecified atom stereocenters. The van der Waals surface area contributed by atoms with Crippen molar-refractivity contribution in [1.29, 1.82) is 0 Å². The number of hydrogen-bond donors (Lipinski definition) is 2. The summed E-state index contributed by atoms with van der Waals surface area (Å²) < 4.78 is 18.1. The Kier molecular flexibility index (Phi) is 3.69. The molecule has 0 saturated carbocycles. The van der Waals surface area contributed by atoms with Crippen molar-refractivity contribution < 1.29 is 14.0 Å². The molecule has 0 saturated heterocycles. The molecule has 1 heterocycles. The van der Waals surface area contributed by atoms with E-state index in [1.54, 1.807) is 6.07 Å². The van der Waals surface area contributed by atoms with E-state index >= 15 is 0 Å². The van der Waals surface area contributed by atoms with E-state index in [-0.39, 0.29) is 17.5 Å². The zero-order valence-corrected chi connectivity index (χ0v) is 9.93. The summed E-state index contributed by atoms with van der Waals surface area (Å²) in [5, 5.41) is 13.4. The van der Waals surface area contributed by atoms with Crippen LogP contribution < -0.4 is 5.73 Å². The van der Waals surface area contributed by atoms with Gasteiger partial charge in [-0.15, -0.1) is 0 Å². The molecular weight excluding hydrogens is 237 g/mol. The molecule has 0 amide bonds. The second-order valence-corrected chi connectivity index (χ2v) is 4.01. The maximum absolute atomic E-state index is 13.2. The minimum Gasteiger partial charge on any atom is -0.383 e. The molecule has 2 rings (SSSR count). The molecule has 0 radical (unpaired) electrons. The maximum atomic E-state index is 13.2. The normalized spacial score (nSPS) is 12.7. The summed E-state index contributed by atoms with van der Waals surface area (Å²) >= 11 is 0. The predicted molar refractivity (Wildman–Crippen MR) is 63.1 cm³/mol. The first kappa shape index (κ1) is 12.7. The molecule has 2 aromatic rings. The van der Waals surface area contributed by atoms with Crippen LogP contribution in [0.4, 0.5) is 4.39 Å². The lowest BCUT2D eigenvalue weighted by Gasteiger charge is -2.02. The SMILES string of the molecule is Cc1ccc(F)cc1-c1noc(C(O)CCN)n1. The molecule has 1 aromatic carbocycles. The summed E-state index contributed by atoms with van der Waals surface area (Å²) in [6.45, 7) is 2.14. The first-order chi connectivity index (χ1) is 8.61.